The van der Waals surface area contributed by atoms with Crippen LogP contribution in [0.1, 0.15) is 24.0 Å². The summed E-state index contributed by atoms with van der Waals surface area (Å²) in [5.74, 6) is 1.37. The Hall–Kier alpha value is -2.73. The molecule has 1 atom stereocenters. The minimum Gasteiger partial charge on any atom is -0.497 e. The van der Waals surface area contributed by atoms with Gasteiger partial charge in [0.15, 0.2) is 0 Å². The van der Waals surface area contributed by atoms with Crippen molar-refractivity contribution < 1.29 is 19.4 Å². The van der Waals surface area contributed by atoms with Crippen molar-refractivity contribution in [2.24, 2.45) is 0 Å². The van der Waals surface area contributed by atoms with Crippen LogP contribution in [0.3, 0.4) is 0 Å². The third kappa shape index (κ3) is 5.14. The summed E-state index contributed by atoms with van der Waals surface area (Å²) in [5.41, 5.74) is 2.02. The number of ether oxygens (including phenoxy) is 2. The number of carbonyl (C=O) groups excluding carboxylic acids is 1. The zero-order valence-electron chi connectivity index (χ0n) is 15.7. The average Bonchev–Trinajstić information content (AvgIpc) is 3.46. The van der Waals surface area contributed by atoms with Crippen LogP contribution >= 0.6 is 0 Å². The molecule has 0 aromatic heterocycles. The van der Waals surface area contributed by atoms with Crippen molar-refractivity contribution in [3.8, 4) is 11.5 Å². The first-order chi connectivity index (χ1) is 13.0. The van der Waals surface area contributed by atoms with E-state index in [1.54, 1.807) is 31.4 Å². The lowest BCUT2D eigenvalue weighted by atomic mass is 10.0. The van der Waals surface area contributed by atoms with Gasteiger partial charge in [-0.15, -0.1) is 0 Å². The highest BCUT2D eigenvalue weighted by molar-refractivity contribution is 5.75. The average molecular weight is 370 g/mol. The fraction of sp³-hybridized carbons (Fsp3) is 0.381. The molecule has 0 spiro atoms. The number of aliphatic hydroxyl groups excluding tert-OH is 1. The second-order valence-electron chi connectivity index (χ2n) is 6.93. The number of carbonyl (C=O) groups is 1. The number of benzene rings is 2. The zero-order chi connectivity index (χ0) is 19.3. The van der Waals surface area contributed by atoms with Gasteiger partial charge in [-0.2, -0.15) is 0 Å². The number of aryl methyl sites for hydroxylation is 1. The summed E-state index contributed by atoms with van der Waals surface area (Å²) in [6.45, 7) is 2.25. The molecule has 6 nitrogen and oxygen atoms in total. The molecule has 2 amide bonds. The smallest absolute Gasteiger partial charge is 0.315 e. The Balaban J connectivity index is 1.42. The lowest BCUT2D eigenvalue weighted by Crippen LogP contribution is -2.45. The van der Waals surface area contributed by atoms with E-state index in [9.17, 15) is 9.90 Å². The van der Waals surface area contributed by atoms with Gasteiger partial charge in [-0.05, 0) is 49.6 Å². The molecule has 1 aliphatic rings. The Morgan fingerprint density at radius 3 is 2.52 bits per heavy atom. The van der Waals surface area contributed by atoms with Crippen LogP contribution in [0.25, 0.3) is 0 Å². The summed E-state index contributed by atoms with van der Waals surface area (Å²) in [7, 11) is 1.60. The molecule has 3 rings (SSSR count). The summed E-state index contributed by atoms with van der Waals surface area (Å²) in [6, 6.07) is 15.0. The van der Waals surface area contributed by atoms with E-state index in [4.69, 9.17) is 9.47 Å². The Kier molecular flexibility index (Phi) is 5.86. The second-order valence-corrected chi connectivity index (χ2v) is 6.93. The summed E-state index contributed by atoms with van der Waals surface area (Å²) in [4.78, 5) is 12.2. The number of amides is 2. The summed E-state index contributed by atoms with van der Waals surface area (Å²) >= 11 is 0. The van der Waals surface area contributed by atoms with Crippen molar-refractivity contribution in [1.82, 2.24) is 10.6 Å². The van der Waals surface area contributed by atoms with Crippen molar-refractivity contribution in [3.63, 3.8) is 0 Å². The van der Waals surface area contributed by atoms with Crippen LogP contribution in [0.5, 0.6) is 11.5 Å². The van der Waals surface area contributed by atoms with Crippen molar-refractivity contribution in [3.05, 3.63) is 59.7 Å². The zero-order valence-corrected chi connectivity index (χ0v) is 15.7. The maximum absolute atomic E-state index is 12.2. The largest absolute Gasteiger partial charge is 0.497 e. The molecule has 0 radical (unpaired) electrons. The predicted octanol–water partition coefficient (Wildman–Crippen LogP) is 2.73. The highest BCUT2D eigenvalue weighted by Crippen LogP contribution is 2.45. The highest BCUT2D eigenvalue weighted by atomic mass is 16.5. The standard InChI is InChI=1S/C21H26N2O4/c1-15-4-3-5-16(12-15)21(10-11-21)23-20(25)22-13-17(24)14-27-19-8-6-18(26-2)7-9-19/h3-9,12,17,24H,10-11,13-14H2,1-2H3,(H2,22,23,25). The predicted molar refractivity (Wildman–Crippen MR) is 103 cm³/mol. The first-order valence-corrected chi connectivity index (χ1v) is 9.09. The van der Waals surface area contributed by atoms with E-state index in [2.05, 4.69) is 16.7 Å². The Labute approximate surface area is 159 Å². The number of aliphatic hydroxyl groups is 1. The quantitative estimate of drug-likeness (QED) is 0.668. The van der Waals surface area contributed by atoms with Crippen LogP contribution in [0, 0.1) is 6.92 Å². The van der Waals surface area contributed by atoms with Crippen molar-refractivity contribution in [2.75, 3.05) is 20.3 Å². The van der Waals surface area contributed by atoms with Gasteiger partial charge in [-0.1, -0.05) is 29.8 Å². The minimum absolute atomic E-state index is 0.0929. The molecule has 3 N–H and O–H groups in total. The maximum atomic E-state index is 12.2. The van der Waals surface area contributed by atoms with Crippen molar-refractivity contribution >= 4 is 6.03 Å². The summed E-state index contributed by atoms with van der Waals surface area (Å²) in [6.07, 6.45) is 1.05. The van der Waals surface area contributed by atoms with Crippen molar-refractivity contribution in [2.45, 2.75) is 31.4 Å². The first-order valence-electron chi connectivity index (χ1n) is 9.09. The molecule has 144 valence electrons. The fourth-order valence-electron chi connectivity index (χ4n) is 2.95. The Bertz CT molecular complexity index is 772. The van der Waals surface area contributed by atoms with Gasteiger partial charge in [0.25, 0.3) is 0 Å². The number of hydrogen-bond acceptors (Lipinski definition) is 4. The van der Waals surface area contributed by atoms with Crippen LogP contribution in [0.15, 0.2) is 48.5 Å². The molecule has 2 aromatic carbocycles. The van der Waals surface area contributed by atoms with Gasteiger partial charge >= 0.3 is 6.03 Å². The van der Waals surface area contributed by atoms with E-state index in [1.165, 1.54) is 5.56 Å². The van der Waals surface area contributed by atoms with E-state index < -0.39 is 6.10 Å². The van der Waals surface area contributed by atoms with Gasteiger partial charge in [0.05, 0.1) is 12.6 Å². The van der Waals surface area contributed by atoms with E-state index in [-0.39, 0.29) is 24.7 Å². The summed E-state index contributed by atoms with van der Waals surface area (Å²) in [5, 5.41) is 15.8. The maximum Gasteiger partial charge on any atom is 0.315 e. The number of urea groups is 1. The molecule has 6 heteroatoms. The highest BCUT2D eigenvalue weighted by Gasteiger charge is 2.45. The van der Waals surface area contributed by atoms with E-state index in [0.29, 0.717) is 5.75 Å². The molecule has 0 aliphatic heterocycles. The minimum atomic E-state index is -0.799. The molecule has 1 saturated carbocycles. The third-order valence-electron chi connectivity index (χ3n) is 4.67. The van der Waals surface area contributed by atoms with Crippen LogP contribution in [0.2, 0.25) is 0 Å². The second kappa shape index (κ2) is 8.31. The van der Waals surface area contributed by atoms with E-state index in [1.807, 2.05) is 25.1 Å². The van der Waals surface area contributed by atoms with E-state index in [0.717, 1.165) is 24.2 Å². The molecule has 1 aliphatic carbocycles. The lowest BCUT2D eigenvalue weighted by molar-refractivity contribution is 0.107. The molecule has 27 heavy (non-hydrogen) atoms. The van der Waals surface area contributed by atoms with Gasteiger partial charge in [0.1, 0.15) is 24.2 Å². The molecule has 0 heterocycles. The van der Waals surface area contributed by atoms with Gasteiger partial charge in [0.2, 0.25) is 0 Å². The summed E-state index contributed by atoms with van der Waals surface area (Å²) < 4.78 is 10.6. The van der Waals surface area contributed by atoms with Gasteiger partial charge in [-0.25, -0.2) is 4.79 Å². The van der Waals surface area contributed by atoms with Gasteiger partial charge in [-0.3, -0.25) is 0 Å². The van der Waals surface area contributed by atoms with Crippen LogP contribution in [0.4, 0.5) is 4.79 Å². The monoisotopic (exact) mass is 370 g/mol. The molecule has 0 bridgehead atoms. The molecule has 1 fully saturated rings. The van der Waals surface area contributed by atoms with E-state index >= 15 is 0 Å². The molecular weight excluding hydrogens is 344 g/mol. The van der Waals surface area contributed by atoms with Crippen molar-refractivity contribution in [1.29, 1.82) is 0 Å². The fourth-order valence-corrected chi connectivity index (χ4v) is 2.95. The third-order valence-corrected chi connectivity index (χ3v) is 4.67. The SMILES string of the molecule is COc1ccc(OCC(O)CNC(=O)NC2(c3cccc(C)c3)CC2)cc1. The number of rotatable bonds is 8. The lowest BCUT2D eigenvalue weighted by Gasteiger charge is -2.20. The van der Waals surface area contributed by atoms with Crippen LogP contribution in [-0.2, 0) is 5.54 Å². The Morgan fingerprint density at radius 1 is 1.19 bits per heavy atom. The van der Waals surface area contributed by atoms with Gasteiger partial charge in [0, 0.05) is 6.54 Å². The normalized spacial score (nSPS) is 15.5. The van der Waals surface area contributed by atoms with Crippen LogP contribution in [-0.4, -0.2) is 37.5 Å². The Morgan fingerprint density at radius 2 is 1.89 bits per heavy atom. The topological polar surface area (TPSA) is 79.8 Å². The van der Waals surface area contributed by atoms with Crippen LogP contribution < -0.4 is 20.1 Å². The molecule has 2 aromatic rings. The molecule has 0 saturated heterocycles. The molecular formula is C21H26N2O4. The number of methoxy groups -OCH3 is 1. The first kappa shape index (κ1) is 19.0. The number of nitrogens with one attached hydrogen (secondary N) is 2. The molecule has 1 unspecified atom stereocenters. The number of hydrogen-bond donors (Lipinski definition) is 3. The van der Waals surface area contributed by atoms with Gasteiger partial charge < -0.3 is 25.2 Å².